The van der Waals surface area contributed by atoms with Crippen molar-refractivity contribution in [1.82, 2.24) is 14.6 Å². The first-order valence-corrected chi connectivity index (χ1v) is 13.0. The Kier molecular flexibility index (Phi) is 7.19. The van der Waals surface area contributed by atoms with E-state index in [9.17, 15) is 0 Å². The summed E-state index contributed by atoms with van der Waals surface area (Å²) < 4.78 is 7.40. The molecule has 4 N–H and O–H groups in total. The van der Waals surface area contributed by atoms with Crippen LogP contribution in [0, 0.1) is 11.8 Å². The molecule has 2 saturated carbocycles. The fourth-order valence-corrected chi connectivity index (χ4v) is 5.68. The third-order valence-corrected chi connectivity index (χ3v) is 7.56. The van der Waals surface area contributed by atoms with Crippen molar-refractivity contribution in [2.24, 2.45) is 17.6 Å². The lowest BCUT2D eigenvalue weighted by atomic mass is 9.76. The maximum absolute atomic E-state index is 6.09. The van der Waals surface area contributed by atoms with Gasteiger partial charge < -0.3 is 21.1 Å². The summed E-state index contributed by atoms with van der Waals surface area (Å²) >= 11 is 0. The molecule has 7 nitrogen and oxygen atoms in total. The molecule has 0 aliphatic heterocycles. The molecule has 0 unspecified atom stereocenters. The van der Waals surface area contributed by atoms with Gasteiger partial charge in [0.25, 0.3) is 0 Å². The molecule has 34 heavy (non-hydrogen) atoms. The number of nitrogens with two attached hydrogens (primary N) is 1. The van der Waals surface area contributed by atoms with Crippen molar-refractivity contribution < 1.29 is 4.74 Å². The van der Waals surface area contributed by atoms with Crippen LogP contribution in [0.25, 0.3) is 5.65 Å². The van der Waals surface area contributed by atoms with Crippen molar-refractivity contribution in [1.29, 1.82) is 0 Å². The normalized spacial score (nSPS) is 25.2. The minimum Gasteiger partial charge on any atom is -0.494 e. The van der Waals surface area contributed by atoms with Gasteiger partial charge in [0.05, 0.1) is 12.3 Å². The number of hydrogen-bond donors (Lipinski definition) is 3. The van der Waals surface area contributed by atoms with E-state index in [4.69, 9.17) is 15.6 Å². The second kappa shape index (κ2) is 10.6. The molecule has 0 atom stereocenters. The average molecular weight is 463 g/mol. The summed E-state index contributed by atoms with van der Waals surface area (Å²) in [7, 11) is 0. The molecule has 5 rings (SSSR count). The van der Waals surface area contributed by atoms with Gasteiger partial charge in [-0.05, 0) is 101 Å². The Hall–Kier alpha value is -2.80. The minimum absolute atomic E-state index is 0.449. The largest absolute Gasteiger partial charge is 0.494 e. The lowest BCUT2D eigenvalue weighted by Gasteiger charge is -2.33. The van der Waals surface area contributed by atoms with E-state index in [1.165, 1.54) is 57.8 Å². The van der Waals surface area contributed by atoms with Crippen LogP contribution in [-0.2, 0) is 0 Å². The SMILES string of the molecule is CCOc1ccc(Nc2cc(NC3CCC(CC4CCC(N)CC4)CC3)nn3ccnc23)cc1. The van der Waals surface area contributed by atoms with Crippen LogP contribution in [0.3, 0.4) is 0 Å². The van der Waals surface area contributed by atoms with E-state index in [0.717, 1.165) is 40.4 Å². The third kappa shape index (κ3) is 5.63. The quantitative estimate of drug-likeness (QED) is 0.395. The van der Waals surface area contributed by atoms with Crippen molar-refractivity contribution in [3.8, 4) is 5.75 Å². The standard InChI is InChI=1S/C27H38N6O/c1-2-34-24-13-11-22(12-14-24)30-25-18-26(32-33-16-15-29-27(25)33)31-23-9-5-20(6-10-23)17-19-3-7-21(28)8-4-19/h11-16,18-21,23,30H,2-10,17,28H2,1H3,(H,31,32). The number of benzene rings is 1. The van der Waals surface area contributed by atoms with Crippen LogP contribution in [-0.4, -0.2) is 33.3 Å². The van der Waals surface area contributed by atoms with E-state index in [2.05, 4.69) is 21.7 Å². The Morgan fingerprint density at radius 2 is 1.71 bits per heavy atom. The summed E-state index contributed by atoms with van der Waals surface area (Å²) in [5, 5.41) is 12.0. The molecule has 0 radical (unpaired) electrons. The second-order valence-electron chi connectivity index (χ2n) is 10.1. The Labute approximate surface area is 202 Å². The predicted octanol–water partition coefficient (Wildman–Crippen LogP) is 5.75. The number of rotatable bonds is 8. The Bertz CT molecular complexity index is 1050. The molecule has 3 aromatic rings. The van der Waals surface area contributed by atoms with Crippen molar-refractivity contribution in [3.05, 3.63) is 42.7 Å². The number of hydrogen-bond acceptors (Lipinski definition) is 6. The highest BCUT2D eigenvalue weighted by molar-refractivity contribution is 5.75. The average Bonchev–Trinajstić information content (AvgIpc) is 3.32. The minimum atomic E-state index is 0.449. The van der Waals surface area contributed by atoms with Crippen LogP contribution >= 0.6 is 0 Å². The van der Waals surface area contributed by atoms with Crippen LogP contribution < -0.4 is 21.1 Å². The van der Waals surface area contributed by atoms with Gasteiger partial charge >= 0.3 is 0 Å². The van der Waals surface area contributed by atoms with Crippen molar-refractivity contribution in [2.75, 3.05) is 17.2 Å². The molecule has 0 bridgehead atoms. The van der Waals surface area contributed by atoms with E-state index in [0.29, 0.717) is 18.7 Å². The van der Waals surface area contributed by atoms with Gasteiger partial charge in [0.2, 0.25) is 0 Å². The third-order valence-electron chi connectivity index (χ3n) is 7.56. The summed E-state index contributed by atoms with van der Waals surface area (Å²) in [5.74, 6) is 3.54. The molecule has 2 aliphatic rings. The van der Waals surface area contributed by atoms with Gasteiger partial charge in [0.1, 0.15) is 11.6 Å². The fourth-order valence-electron chi connectivity index (χ4n) is 5.68. The first-order chi connectivity index (χ1) is 16.7. The monoisotopic (exact) mass is 462 g/mol. The predicted molar refractivity (Wildman–Crippen MR) is 138 cm³/mol. The molecule has 0 amide bonds. The highest BCUT2D eigenvalue weighted by atomic mass is 16.5. The van der Waals surface area contributed by atoms with Gasteiger partial charge in [-0.1, -0.05) is 0 Å². The molecule has 182 valence electrons. The molecule has 2 aliphatic carbocycles. The maximum atomic E-state index is 6.09. The second-order valence-corrected chi connectivity index (χ2v) is 10.1. The van der Waals surface area contributed by atoms with Gasteiger partial charge in [-0.3, -0.25) is 0 Å². The molecule has 0 saturated heterocycles. The molecule has 0 spiro atoms. The summed E-state index contributed by atoms with van der Waals surface area (Å²) in [6.45, 7) is 2.66. The Balaban J connectivity index is 1.20. The van der Waals surface area contributed by atoms with E-state index in [1.54, 1.807) is 6.20 Å². The highest BCUT2D eigenvalue weighted by Crippen LogP contribution is 2.36. The number of ether oxygens (including phenoxy) is 1. The molecule has 2 fully saturated rings. The van der Waals surface area contributed by atoms with Crippen LogP contribution in [0.1, 0.15) is 64.7 Å². The maximum Gasteiger partial charge on any atom is 0.177 e. The number of nitrogens with one attached hydrogen (secondary N) is 2. The fraction of sp³-hybridized carbons (Fsp3) is 0.556. The first kappa shape index (κ1) is 23.0. The van der Waals surface area contributed by atoms with Gasteiger partial charge in [-0.25, -0.2) is 9.50 Å². The summed E-state index contributed by atoms with van der Waals surface area (Å²) in [6.07, 6.45) is 15.2. The van der Waals surface area contributed by atoms with E-state index >= 15 is 0 Å². The zero-order chi connectivity index (χ0) is 23.3. The lowest BCUT2D eigenvalue weighted by molar-refractivity contribution is 0.229. The smallest absolute Gasteiger partial charge is 0.177 e. The van der Waals surface area contributed by atoms with Crippen molar-refractivity contribution in [3.63, 3.8) is 0 Å². The van der Waals surface area contributed by atoms with Gasteiger partial charge in [0.15, 0.2) is 5.65 Å². The summed E-state index contributed by atoms with van der Waals surface area (Å²) in [6, 6.07) is 11.0. The van der Waals surface area contributed by atoms with Crippen molar-refractivity contribution in [2.45, 2.75) is 76.8 Å². The number of fused-ring (bicyclic) bond motifs is 1. The molecule has 1 aromatic carbocycles. The molecule has 2 heterocycles. The summed E-state index contributed by atoms with van der Waals surface area (Å²) in [4.78, 5) is 4.50. The number of anilines is 3. The number of imidazole rings is 1. The van der Waals surface area contributed by atoms with Gasteiger partial charge in [0, 0.05) is 36.2 Å². The Morgan fingerprint density at radius 1 is 1.00 bits per heavy atom. The van der Waals surface area contributed by atoms with Crippen LogP contribution in [0.2, 0.25) is 0 Å². The summed E-state index contributed by atoms with van der Waals surface area (Å²) in [5.41, 5.74) is 8.84. The van der Waals surface area contributed by atoms with Gasteiger partial charge in [-0.2, -0.15) is 0 Å². The van der Waals surface area contributed by atoms with E-state index < -0.39 is 0 Å². The molecular formula is C27H38N6O. The van der Waals surface area contributed by atoms with Crippen LogP contribution in [0.5, 0.6) is 5.75 Å². The van der Waals surface area contributed by atoms with E-state index in [-0.39, 0.29) is 0 Å². The number of nitrogens with zero attached hydrogens (tertiary/aromatic N) is 3. The zero-order valence-electron chi connectivity index (χ0n) is 20.2. The molecule has 7 heteroatoms. The van der Waals surface area contributed by atoms with Crippen molar-refractivity contribution >= 4 is 22.8 Å². The first-order valence-electron chi connectivity index (χ1n) is 13.0. The lowest BCUT2D eigenvalue weighted by Crippen LogP contribution is -2.30. The highest BCUT2D eigenvalue weighted by Gasteiger charge is 2.26. The van der Waals surface area contributed by atoms with Crippen LogP contribution in [0.15, 0.2) is 42.7 Å². The number of aromatic nitrogens is 3. The van der Waals surface area contributed by atoms with Crippen LogP contribution in [0.4, 0.5) is 17.2 Å². The molecular weight excluding hydrogens is 424 g/mol. The topological polar surface area (TPSA) is 89.5 Å². The zero-order valence-corrected chi connectivity index (χ0v) is 20.2. The molecule has 2 aromatic heterocycles. The Morgan fingerprint density at radius 3 is 2.41 bits per heavy atom. The van der Waals surface area contributed by atoms with E-state index in [1.807, 2.05) is 41.9 Å². The van der Waals surface area contributed by atoms with Gasteiger partial charge in [-0.15, -0.1) is 5.10 Å².